The Labute approximate surface area is 180 Å². The Morgan fingerprint density at radius 2 is 1.90 bits per heavy atom. The number of nitro benzene ring substituents is 1. The highest BCUT2D eigenvalue weighted by molar-refractivity contribution is 6.36. The summed E-state index contributed by atoms with van der Waals surface area (Å²) in [6.45, 7) is 1.28. The fraction of sp³-hybridized carbons (Fsp3) is 0.222. The van der Waals surface area contributed by atoms with Gasteiger partial charge in [0.15, 0.2) is 0 Å². The second-order valence-corrected chi connectivity index (χ2v) is 7.67. The van der Waals surface area contributed by atoms with Gasteiger partial charge >= 0.3 is 5.97 Å². The molecule has 1 heterocycles. The van der Waals surface area contributed by atoms with Crippen LogP contribution in [0.25, 0.3) is 0 Å². The van der Waals surface area contributed by atoms with E-state index < -0.39 is 28.9 Å². The van der Waals surface area contributed by atoms with Gasteiger partial charge in [0.1, 0.15) is 11.1 Å². The molecule has 0 saturated heterocycles. The Balaban J connectivity index is 2.20. The fourth-order valence-electron chi connectivity index (χ4n) is 3.40. The number of hydrogen-bond acceptors (Lipinski definition) is 5. The lowest BCUT2D eigenvalue weighted by atomic mass is 9.91. The second-order valence-electron chi connectivity index (χ2n) is 6.42. The average Bonchev–Trinajstić information content (AvgIpc) is 2.61. The molecule has 0 saturated carbocycles. The summed E-state index contributed by atoms with van der Waals surface area (Å²) in [5.41, 5.74) is 0.672. The maximum absolute atomic E-state index is 12.6. The van der Waals surface area contributed by atoms with Crippen LogP contribution in [0.3, 0.4) is 0 Å². The van der Waals surface area contributed by atoms with Crippen molar-refractivity contribution < 1.29 is 19.6 Å². The number of amides is 1. The number of carboxylic acid groups (broad SMARTS) is 1. The molecule has 2 N–H and O–H groups in total. The van der Waals surface area contributed by atoms with Crippen LogP contribution >= 0.6 is 34.8 Å². The predicted octanol–water partition coefficient (Wildman–Crippen LogP) is 4.92. The third kappa shape index (κ3) is 4.10. The number of hydrogen-bond donors (Lipinski definition) is 2. The maximum Gasteiger partial charge on any atom is 0.326 e. The van der Waals surface area contributed by atoms with E-state index in [4.69, 9.17) is 34.8 Å². The Morgan fingerprint density at radius 3 is 2.48 bits per heavy atom. The molecule has 2 atom stereocenters. The van der Waals surface area contributed by atoms with Crippen LogP contribution in [-0.4, -0.2) is 27.9 Å². The van der Waals surface area contributed by atoms with Crippen molar-refractivity contribution in [2.75, 3.05) is 10.2 Å². The van der Waals surface area contributed by atoms with E-state index in [0.717, 1.165) is 0 Å². The summed E-state index contributed by atoms with van der Waals surface area (Å²) >= 11 is 18.3. The first-order valence-electron chi connectivity index (χ1n) is 8.32. The number of nitrogens with zero attached hydrogens (tertiary/aromatic N) is 2. The van der Waals surface area contributed by atoms with Gasteiger partial charge in [-0.3, -0.25) is 14.9 Å². The van der Waals surface area contributed by atoms with Crippen LogP contribution in [0.2, 0.25) is 15.1 Å². The van der Waals surface area contributed by atoms with E-state index in [-0.39, 0.29) is 27.8 Å². The van der Waals surface area contributed by atoms with Gasteiger partial charge in [-0.05, 0) is 24.3 Å². The molecule has 0 aromatic heterocycles. The highest BCUT2D eigenvalue weighted by Crippen LogP contribution is 2.45. The number of nitro groups is 1. The first kappa shape index (κ1) is 21.2. The number of aliphatic carboxylic acids is 1. The highest BCUT2D eigenvalue weighted by Gasteiger charge is 2.38. The molecule has 0 radical (unpaired) electrons. The quantitative estimate of drug-likeness (QED) is 0.497. The van der Waals surface area contributed by atoms with E-state index in [1.165, 1.54) is 42.2 Å². The normalized spacial score (nSPS) is 17.8. The van der Waals surface area contributed by atoms with Gasteiger partial charge in [0, 0.05) is 40.7 Å². The summed E-state index contributed by atoms with van der Waals surface area (Å²) in [5.74, 6) is -1.57. The van der Waals surface area contributed by atoms with Gasteiger partial charge in [-0.1, -0.05) is 34.8 Å². The lowest BCUT2D eigenvalue weighted by Crippen LogP contribution is -2.43. The molecule has 0 aliphatic carbocycles. The topological polar surface area (TPSA) is 113 Å². The molecule has 2 aromatic rings. The van der Waals surface area contributed by atoms with Crippen LogP contribution in [0.1, 0.15) is 24.9 Å². The number of carbonyl (C=O) groups excluding carboxylic acids is 1. The van der Waals surface area contributed by atoms with Crippen molar-refractivity contribution in [1.29, 1.82) is 0 Å². The zero-order valence-electron chi connectivity index (χ0n) is 14.9. The van der Waals surface area contributed by atoms with E-state index in [2.05, 4.69) is 5.32 Å². The van der Waals surface area contributed by atoms with Gasteiger partial charge in [-0.25, -0.2) is 4.79 Å². The summed E-state index contributed by atoms with van der Waals surface area (Å²) in [7, 11) is 0. The summed E-state index contributed by atoms with van der Waals surface area (Å²) in [5, 5.41) is 24.1. The Kier molecular flexibility index (Phi) is 5.88. The summed E-state index contributed by atoms with van der Waals surface area (Å²) < 4.78 is 0. The molecule has 2 aromatic carbocycles. The van der Waals surface area contributed by atoms with Crippen molar-refractivity contribution in [3.63, 3.8) is 0 Å². The van der Waals surface area contributed by atoms with Crippen molar-refractivity contribution in [1.82, 2.24) is 0 Å². The van der Waals surface area contributed by atoms with E-state index in [1.54, 1.807) is 0 Å². The van der Waals surface area contributed by atoms with Crippen LogP contribution in [0.4, 0.5) is 17.1 Å². The Morgan fingerprint density at radius 1 is 1.21 bits per heavy atom. The van der Waals surface area contributed by atoms with Gasteiger partial charge in [-0.2, -0.15) is 0 Å². The molecular formula is C18H14Cl3N3O5. The minimum Gasteiger partial charge on any atom is -0.480 e. The average molecular weight is 459 g/mol. The van der Waals surface area contributed by atoms with Gasteiger partial charge < -0.3 is 15.3 Å². The standard InChI is InChI=1S/C18H14Cl3N3O5/c1-8(25)23(10-2-3-11(20)15(6-10)24(28)29)16-7-14(18(26)27)22-13-5-9(19)4-12(21)17(13)16/h2-6,14,16,22H,7H2,1H3,(H,26,27)/t14-,16+/m0/s1. The second kappa shape index (κ2) is 8.06. The molecule has 3 rings (SSSR count). The molecule has 152 valence electrons. The highest BCUT2D eigenvalue weighted by atomic mass is 35.5. The number of anilines is 2. The first-order chi connectivity index (χ1) is 13.6. The number of rotatable bonds is 4. The summed E-state index contributed by atoms with van der Waals surface area (Å²) in [6.07, 6.45) is -0.0142. The monoisotopic (exact) mass is 457 g/mol. The molecule has 0 fully saturated rings. The molecule has 0 spiro atoms. The van der Waals surface area contributed by atoms with E-state index in [0.29, 0.717) is 16.3 Å². The third-order valence-corrected chi connectivity index (χ3v) is 5.42. The molecule has 0 unspecified atom stereocenters. The van der Waals surface area contributed by atoms with Crippen LogP contribution in [-0.2, 0) is 9.59 Å². The predicted molar refractivity (Wildman–Crippen MR) is 110 cm³/mol. The smallest absolute Gasteiger partial charge is 0.326 e. The molecule has 8 nitrogen and oxygen atoms in total. The molecule has 1 aliphatic rings. The molecule has 29 heavy (non-hydrogen) atoms. The minimum absolute atomic E-state index is 0.0142. The lowest BCUT2D eigenvalue weighted by molar-refractivity contribution is -0.384. The number of halogens is 3. The van der Waals surface area contributed by atoms with E-state index in [1.807, 2.05) is 0 Å². The van der Waals surface area contributed by atoms with Crippen molar-refractivity contribution in [2.45, 2.75) is 25.4 Å². The zero-order chi connectivity index (χ0) is 21.5. The fourth-order valence-corrected chi connectivity index (χ4v) is 4.21. The number of carboxylic acids is 1. The number of carbonyl (C=O) groups is 2. The van der Waals surface area contributed by atoms with Crippen LogP contribution in [0.5, 0.6) is 0 Å². The van der Waals surface area contributed by atoms with Crippen molar-refractivity contribution in [3.05, 3.63) is 61.1 Å². The van der Waals surface area contributed by atoms with Crippen LogP contribution < -0.4 is 10.2 Å². The Hall–Kier alpha value is -2.55. The zero-order valence-corrected chi connectivity index (χ0v) is 17.1. The van der Waals surface area contributed by atoms with Crippen molar-refractivity contribution in [3.8, 4) is 0 Å². The van der Waals surface area contributed by atoms with Crippen LogP contribution in [0, 0.1) is 10.1 Å². The number of fused-ring (bicyclic) bond motifs is 1. The SMILES string of the molecule is CC(=O)N(c1ccc(Cl)c([N+](=O)[O-])c1)[C@@H]1C[C@@H](C(=O)O)Nc2cc(Cl)cc(Cl)c21. The first-order valence-corrected chi connectivity index (χ1v) is 9.45. The van der Waals surface area contributed by atoms with Gasteiger partial charge in [0.05, 0.1) is 16.7 Å². The van der Waals surface area contributed by atoms with Gasteiger partial charge in [0.2, 0.25) is 5.91 Å². The van der Waals surface area contributed by atoms with E-state index in [9.17, 15) is 24.8 Å². The lowest BCUT2D eigenvalue weighted by Gasteiger charge is -2.38. The number of benzene rings is 2. The molecule has 1 aliphatic heterocycles. The molecule has 0 bridgehead atoms. The maximum atomic E-state index is 12.6. The summed E-state index contributed by atoms with van der Waals surface area (Å²) in [4.78, 5) is 36.1. The van der Waals surface area contributed by atoms with Gasteiger partial charge in [-0.15, -0.1) is 0 Å². The molecular weight excluding hydrogens is 445 g/mol. The largest absolute Gasteiger partial charge is 0.480 e. The van der Waals surface area contributed by atoms with E-state index >= 15 is 0 Å². The Bertz CT molecular complexity index is 1030. The third-order valence-electron chi connectivity index (χ3n) is 4.57. The molecule has 11 heteroatoms. The minimum atomic E-state index is -1.12. The van der Waals surface area contributed by atoms with Crippen molar-refractivity contribution >= 4 is 63.7 Å². The number of nitrogens with one attached hydrogen (secondary N) is 1. The molecule has 1 amide bonds. The van der Waals surface area contributed by atoms with Gasteiger partial charge in [0.25, 0.3) is 5.69 Å². The van der Waals surface area contributed by atoms with Crippen molar-refractivity contribution in [2.24, 2.45) is 0 Å². The van der Waals surface area contributed by atoms with Crippen LogP contribution in [0.15, 0.2) is 30.3 Å². The summed E-state index contributed by atoms with van der Waals surface area (Å²) in [6, 6.07) is 5.13.